The molecule has 1 unspecified atom stereocenters. The molecule has 1 aliphatic carbocycles. The molecule has 1 atom stereocenters. The van der Waals surface area contributed by atoms with Gasteiger partial charge in [0.25, 0.3) is 0 Å². The third kappa shape index (κ3) is 4.00. The SMILES string of the molecule is COc1cc(NC2CCN(C(=O)C3CC=CCC3)CC2)ncn1. The fourth-order valence-corrected chi connectivity index (χ4v) is 3.26. The lowest BCUT2D eigenvalue weighted by Gasteiger charge is -2.35. The highest BCUT2D eigenvalue weighted by atomic mass is 16.5. The first-order valence-corrected chi connectivity index (χ1v) is 8.32. The van der Waals surface area contributed by atoms with Crippen LogP contribution in [0.2, 0.25) is 0 Å². The molecule has 6 nitrogen and oxygen atoms in total. The van der Waals surface area contributed by atoms with Gasteiger partial charge in [-0.05, 0) is 32.1 Å². The van der Waals surface area contributed by atoms with Gasteiger partial charge < -0.3 is 15.0 Å². The first-order chi connectivity index (χ1) is 11.3. The smallest absolute Gasteiger partial charge is 0.226 e. The molecule has 6 heteroatoms. The van der Waals surface area contributed by atoms with E-state index in [2.05, 4.69) is 27.4 Å². The Morgan fingerprint density at radius 3 is 2.78 bits per heavy atom. The fraction of sp³-hybridized carbons (Fsp3) is 0.588. The van der Waals surface area contributed by atoms with Gasteiger partial charge in [0.2, 0.25) is 11.8 Å². The number of amides is 1. The van der Waals surface area contributed by atoms with Crippen LogP contribution in [-0.2, 0) is 4.79 Å². The first kappa shape index (κ1) is 15.8. The van der Waals surface area contributed by atoms with Gasteiger partial charge >= 0.3 is 0 Å². The lowest BCUT2D eigenvalue weighted by Crippen LogP contribution is -2.45. The minimum absolute atomic E-state index is 0.190. The number of allylic oxidation sites excluding steroid dienone is 2. The molecule has 1 N–H and O–H groups in total. The average Bonchev–Trinajstić information content (AvgIpc) is 2.63. The van der Waals surface area contributed by atoms with E-state index in [4.69, 9.17) is 4.74 Å². The summed E-state index contributed by atoms with van der Waals surface area (Å²) in [5.74, 6) is 1.85. The predicted molar refractivity (Wildman–Crippen MR) is 88.3 cm³/mol. The number of nitrogens with zero attached hydrogens (tertiary/aromatic N) is 3. The number of ether oxygens (including phenoxy) is 1. The molecule has 0 aromatic carbocycles. The van der Waals surface area contributed by atoms with Crippen molar-refractivity contribution < 1.29 is 9.53 Å². The highest BCUT2D eigenvalue weighted by Gasteiger charge is 2.28. The third-order valence-corrected chi connectivity index (χ3v) is 4.63. The lowest BCUT2D eigenvalue weighted by molar-refractivity contribution is -0.136. The Morgan fingerprint density at radius 2 is 2.09 bits per heavy atom. The van der Waals surface area contributed by atoms with Gasteiger partial charge in [-0.1, -0.05) is 12.2 Å². The summed E-state index contributed by atoms with van der Waals surface area (Å²) in [4.78, 5) is 22.8. The summed E-state index contributed by atoms with van der Waals surface area (Å²) in [6.07, 6.45) is 10.6. The summed E-state index contributed by atoms with van der Waals surface area (Å²) in [5, 5.41) is 3.41. The largest absolute Gasteiger partial charge is 0.481 e. The molecule has 124 valence electrons. The Hall–Kier alpha value is -2.11. The number of methoxy groups -OCH3 is 1. The maximum absolute atomic E-state index is 12.5. The molecule has 1 amide bonds. The van der Waals surface area contributed by atoms with Crippen molar-refractivity contribution in [2.45, 2.75) is 38.1 Å². The second-order valence-corrected chi connectivity index (χ2v) is 6.17. The van der Waals surface area contributed by atoms with Gasteiger partial charge in [0.15, 0.2) is 0 Å². The summed E-state index contributed by atoms with van der Waals surface area (Å²) in [6, 6.07) is 2.14. The minimum Gasteiger partial charge on any atom is -0.481 e. The van der Waals surface area contributed by atoms with Crippen LogP contribution in [0.3, 0.4) is 0 Å². The summed E-state index contributed by atoms with van der Waals surface area (Å²) in [7, 11) is 1.59. The Kier molecular flexibility index (Phi) is 5.10. The minimum atomic E-state index is 0.190. The molecule has 3 rings (SSSR count). The zero-order valence-corrected chi connectivity index (χ0v) is 13.6. The maximum atomic E-state index is 12.5. The number of carbonyl (C=O) groups is 1. The third-order valence-electron chi connectivity index (χ3n) is 4.63. The van der Waals surface area contributed by atoms with Crippen LogP contribution in [0.5, 0.6) is 5.88 Å². The number of nitrogens with one attached hydrogen (secondary N) is 1. The predicted octanol–water partition coefficient (Wildman–Crippen LogP) is 2.24. The molecule has 1 saturated heterocycles. The molecule has 1 fully saturated rings. The molecule has 23 heavy (non-hydrogen) atoms. The van der Waals surface area contributed by atoms with E-state index in [1.165, 1.54) is 6.33 Å². The number of anilines is 1. The zero-order chi connectivity index (χ0) is 16.1. The van der Waals surface area contributed by atoms with Crippen molar-refractivity contribution in [1.82, 2.24) is 14.9 Å². The zero-order valence-electron chi connectivity index (χ0n) is 13.6. The standard InChI is InChI=1S/C17H24N4O2/c1-23-16-11-15(18-12-19-16)20-14-7-9-21(10-8-14)17(22)13-5-3-2-4-6-13/h2-3,11-14H,4-10H2,1H3,(H,18,19,20). The van der Waals surface area contributed by atoms with E-state index in [9.17, 15) is 4.79 Å². The molecule has 0 spiro atoms. The topological polar surface area (TPSA) is 67.3 Å². The van der Waals surface area contributed by atoms with Crippen molar-refractivity contribution in [1.29, 1.82) is 0 Å². The van der Waals surface area contributed by atoms with Gasteiger partial charge in [-0.3, -0.25) is 4.79 Å². The summed E-state index contributed by atoms with van der Waals surface area (Å²) in [6.45, 7) is 1.64. The number of piperidine rings is 1. The normalized spacial score (nSPS) is 22.0. The van der Waals surface area contributed by atoms with E-state index in [1.807, 2.05) is 4.90 Å². The van der Waals surface area contributed by atoms with Gasteiger partial charge in [0.05, 0.1) is 7.11 Å². The Balaban J connectivity index is 1.50. The molecule has 1 aromatic heterocycles. The molecule has 2 aliphatic rings. The number of hydrogen-bond acceptors (Lipinski definition) is 5. The molecule has 2 heterocycles. The van der Waals surface area contributed by atoms with E-state index in [0.29, 0.717) is 17.8 Å². The number of rotatable bonds is 4. The van der Waals surface area contributed by atoms with Crippen LogP contribution in [0.15, 0.2) is 24.5 Å². The molecule has 1 aliphatic heterocycles. The van der Waals surface area contributed by atoms with Crippen molar-refractivity contribution in [3.05, 3.63) is 24.5 Å². The maximum Gasteiger partial charge on any atom is 0.226 e. The van der Waals surface area contributed by atoms with Crippen LogP contribution in [0, 0.1) is 5.92 Å². The lowest BCUT2D eigenvalue weighted by atomic mass is 9.92. The molecule has 0 bridgehead atoms. The van der Waals surface area contributed by atoms with Gasteiger partial charge in [-0.25, -0.2) is 9.97 Å². The molecule has 1 aromatic rings. The number of carbonyl (C=O) groups excluding carboxylic acids is 1. The van der Waals surface area contributed by atoms with Crippen LogP contribution < -0.4 is 10.1 Å². The summed E-state index contributed by atoms with van der Waals surface area (Å²) in [5.41, 5.74) is 0. The van der Waals surface area contributed by atoms with Crippen molar-refractivity contribution in [2.75, 3.05) is 25.5 Å². The van der Waals surface area contributed by atoms with Crippen molar-refractivity contribution in [3.63, 3.8) is 0 Å². The number of hydrogen-bond donors (Lipinski definition) is 1. The molecular weight excluding hydrogens is 292 g/mol. The second-order valence-electron chi connectivity index (χ2n) is 6.17. The second kappa shape index (κ2) is 7.44. The highest BCUT2D eigenvalue weighted by Crippen LogP contribution is 2.23. The van der Waals surface area contributed by atoms with Crippen LogP contribution >= 0.6 is 0 Å². The van der Waals surface area contributed by atoms with Crippen molar-refractivity contribution >= 4 is 11.7 Å². The van der Waals surface area contributed by atoms with Crippen molar-refractivity contribution in [2.24, 2.45) is 5.92 Å². The first-order valence-electron chi connectivity index (χ1n) is 8.32. The monoisotopic (exact) mass is 316 g/mol. The van der Waals surface area contributed by atoms with Crippen LogP contribution in [0.4, 0.5) is 5.82 Å². The van der Waals surface area contributed by atoms with Gasteiger partial charge in [0.1, 0.15) is 12.1 Å². The Morgan fingerprint density at radius 1 is 1.26 bits per heavy atom. The van der Waals surface area contributed by atoms with Gasteiger partial charge in [0, 0.05) is 31.1 Å². The van der Waals surface area contributed by atoms with Crippen LogP contribution in [-0.4, -0.2) is 47.0 Å². The van der Waals surface area contributed by atoms with Crippen LogP contribution in [0.25, 0.3) is 0 Å². The number of aromatic nitrogens is 2. The number of likely N-dealkylation sites (tertiary alicyclic amines) is 1. The Bertz CT molecular complexity index is 567. The van der Waals surface area contributed by atoms with E-state index < -0.39 is 0 Å². The molecule has 0 radical (unpaired) electrons. The summed E-state index contributed by atoms with van der Waals surface area (Å²) < 4.78 is 5.11. The Labute approximate surface area is 136 Å². The molecular formula is C17H24N4O2. The quantitative estimate of drug-likeness (QED) is 0.863. The van der Waals surface area contributed by atoms with E-state index >= 15 is 0 Å². The van der Waals surface area contributed by atoms with E-state index in [0.717, 1.165) is 51.0 Å². The van der Waals surface area contributed by atoms with E-state index in [1.54, 1.807) is 13.2 Å². The van der Waals surface area contributed by atoms with Gasteiger partial charge in [-0.2, -0.15) is 0 Å². The molecule has 0 saturated carbocycles. The van der Waals surface area contributed by atoms with Crippen LogP contribution in [0.1, 0.15) is 32.1 Å². The highest BCUT2D eigenvalue weighted by molar-refractivity contribution is 5.79. The average molecular weight is 316 g/mol. The van der Waals surface area contributed by atoms with Crippen molar-refractivity contribution in [3.8, 4) is 5.88 Å². The van der Waals surface area contributed by atoms with Gasteiger partial charge in [-0.15, -0.1) is 0 Å². The fourth-order valence-electron chi connectivity index (χ4n) is 3.26. The van der Waals surface area contributed by atoms with E-state index in [-0.39, 0.29) is 5.92 Å². The summed E-state index contributed by atoms with van der Waals surface area (Å²) >= 11 is 0.